The van der Waals surface area contributed by atoms with E-state index in [0.29, 0.717) is 15.0 Å². The fourth-order valence-electron chi connectivity index (χ4n) is 1.60. The second-order valence-electron chi connectivity index (χ2n) is 4.59. The van der Waals surface area contributed by atoms with Crippen molar-refractivity contribution in [2.24, 2.45) is 0 Å². The van der Waals surface area contributed by atoms with Gasteiger partial charge in [0.1, 0.15) is 0 Å². The molecule has 0 aromatic heterocycles. The number of aryl methyl sites for hydroxylation is 2. The van der Waals surface area contributed by atoms with Crippen molar-refractivity contribution in [3.63, 3.8) is 0 Å². The van der Waals surface area contributed by atoms with Gasteiger partial charge in [-0.15, -0.1) is 0 Å². The summed E-state index contributed by atoms with van der Waals surface area (Å²) in [6.07, 6.45) is 0. The van der Waals surface area contributed by atoms with Crippen LogP contribution in [0.1, 0.15) is 11.1 Å². The maximum atomic E-state index is 9.52. The number of aliphatic hydroxyl groups excluding tert-OH is 1. The van der Waals surface area contributed by atoms with Gasteiger partial charge < -0.3 is 0 Å². The van der Waals surface area contributed by atoms with Gasteiger partial charge in [-0.2, -0.15) is 0 Å². The molecule has 0 heterocycles. The zero-order valence-corrected chi connectivity index (χ0v) is 15.1. The van der Waals surface area contributed by atoms with Crippen molar-refractivity contribution >= 4 is 38.8 Å². The average Bonchev–Trinajstić information content (AvgIpc) is 2.47. The molecule has 0 aliphatic heterocycles. The molecule has 3 heteroatoms. The van der Waals surface area contributed by atoms with Crippen LogP contribution in [-0.2, 0) is 0 Å². The van der Waals surface area contributed by atoms with Gasteiger partial charge in [-0.1, -0.05) is 0 Å². The summed E-state index contributed by atoms with van der Waals surface area (Å²) in [5.41, 5.74) is 2.57. The second-order valence-corrected chi connectivity index (χ2v) is 9.08. The van der Waals surface area contributed by atoms with Gasteiger partial charge in [-0.3, -0.25) is 0 Å². The topological polar surface area (TPSA) is 20.2 Å². The van der Waals surface area contributed by atoms with Gasteiger partial charge >= 0.3 is 134 Å². The Morgan fingerprint density at radius 2 is 1.40 bits per heavy atom. The molecule has 1 N–H and O–H groups in total. The Bertz CT molecular complexity index is 571. The molecule has 0 aliphatic rings. The monoisotopic (exact) mass is 398 g/mol. The third-order valence-electron chi connectivity index (χ3n) is 2.77. The van der Waals surface area contributed by atoms with Gasteiger partial charge in [0.2, 0.25) is 0 Å². The van der Waals surface area contributed by atoms with E-state index in [4.69, 9.17) is 0 Å². The Morgan fingerprint density at radius 3 is 1.90 bits per heavy atom. The summed E-state index contributed by atoms with van der Waals surface area (Å²) in [5.74, 6) is 0. The molecule has 0 atom stereocenters. The van der Waals surface area contributed by atoms with Crippen LogP contribution in [0.4, 0.5) is 0 Å². The summed E-state index contributed by atoms with van der Waals surface area (Å²) >= 11 is 0.535. The molecule has 2 aromatic carbocycles. The van der Waals surface area contributed by atoms with E-state index in [9.17, 15) is 5.11 Å². The van der Waals surface area contributed by atoms with Crippen molar-refractivity contribution in [1.29, 1.82) is 0 Å². The van der Waals surface area contributed by atoms with Crippen LogP contribution in [-0.4, -0.2) is 41.6 Å². The van der Waals surface area contributed by atoms with E-state index in [2.05, 4.69) is 67.4 Å². The Balaban J connectivity index is 2.02. The standard InChI is InChI=1S/C17H18OSe2/c1-13-3-7-15(8-4-13)19-12-17(11-18)20-16-9-5-14(2)6-10-16/h3-10,12,18H,11H2,1-2H3/b17-12-. The number of rotatable bonds is 5. The molecule has 2 aromatic rings. The molecule has 0 spiro atoms. The van der Waals surface area contributed by atoms with E-state index in [1.54, 1.807) is 0 Å². The molecule has 0 radical (unpaired) electrons. The SMILES string of the molecule is Cc1ccc([Se]/C=C(/CO)[Se]c2ccc(C)cc2)cc1. The summed E-state index contributed by atoms with van der Waals surface area (Å²) in [4.78, 5) is 2.23. The normalized spacial score (nSPS) is 11.7. The van der Waals surface area contributed by atoms with E-state index in [0.717, 1.165) is 0 Å². The first-order valence-corrected chi connectivity index (χ1v) is 10.0. The molecule has 0 amide bonds. The fraction of sp³-hybridized carbons (Fsp3) is 0.176. The van der Waals surface area contributed by atoms with Crippen LogP contribution in [0.2, 0.25) is 0 Å². The van der Waals surface area contributed by atoms with Gasteiger partial charge in [0, 0.05) is 0 Å². The molecule has 2 rings (SSSR count). The summed E-state index contributed by atoms with van der Waals surface area (Å²) in [5, 5.41) is 9.52. The third-order valence-corrected chi connectivity index (χ3v) is 7.65. The Kier molecular flexibility index (Phi) is 6.09. The molecule has 104 valence electrons. The van der Waals surface area contributed by atoms with Crippen LogP contribution >= 0.6 is 0 Å². The molecule has 0 fully saturated rings. The number of hydrogen-bond acceptors (Lipinski definition) is 1. The average molecular weight is 396 g/mol. The molecular formula is C17H18OSe2. The van der Waals surface area contributed by atoms with Crippen LogP contribution in [0.25, 0.3) is 0 Å². The van der Waals surface area contributed by atoms with Crippen molar-refractivity contribution in [3.8, 4) is 0 Å². The summed E-state index contributed by atoms with van der Waals surface area (Å²) in [6, 6.07) is 17.3. The van der Waals surface area contributed by atoms with Crippen LogP contribution in [0.5, 0.6) is 0 Å². The summed E-state index contributed by atoms with van der Waals surface area (Å²) in [6.45, 7) is 4.37. The van der Waals surface area contributed by atoms with E-state index in [1.165, 1.54) is 24.5 Å². The zero-order valence-electron chi connectivity index (χ0n) is 11.7. The Labute approximate surface area is 133 Å². The number of aliphatic hydroxyl groups is 1. The minimum atomic E-state index is 0.168. The first kappa shape index (κ1) is 15.6. The van der Waals surface area contributed by atoms with Gasteiger partial charge in [0.15, 0.2) is 0 Å². The first-order valence-electron chi connectivity index (χ1n) is 6.45. The van der Waals surface area contributed by atoms with E-state index in [1.807, 2.05) is 0 Å². The van der Waals surface area contributed by atoms with Crippen LogP contribution in [0.3, 0.4) is 0 Å². The number of hydrogen-bond donors (Lipinski definition) is 1. The third kappa shape index (κ3) is 4.94. The van der Waals surface area contributed by atoms with Crippen molar-refractivity contribution in [2.45, 2.75) is 13.8 Å². The van der Waals surface area contributed by atoms with Gasteiger partial charge in [0.25, 0.3) is 0 Å². The molecule has 0 aliphatic carbocycles. The zero-order chi connectivity index (χ0) is 14.4. The van der Waals surface area contributed by atoms with Gasteiger partial charge in [-0.25, -0.2) is 0 Å². The van der Waals surface area contributed by atoms with Crippen molar-refractivity contribution in [1.82, 2.24) is 0 Å². The summed E-state index contributed by atoms with van der Waals surface area (Å²) < 4.78 is 3.85. The molecule has 20 heavy (non-hydrogen) atoms. The van der Waals surface area contributed by atoms with E-state index >= 15 is 0 Å². The fourth-order valence-corrected chi connectivity index (χ4v) is 5.43. The molecule has 0 saturated carbocycles. The first-order chi connectivity index (χ1) is 9.67. The Hall–Kier alpha value is -0.821. The van der Waals surface area contributed by atoms with Crippen LogP contribution in [0.15, 0.2) is 58.0 Å². The predicted molar refractivity (Wildman–Crippen MR) is 88.3 cm³/mol. The summed E-state index contributed by atoms with van der Waals surface area (Å²) in [7, 11) is 0. The Morgan fingerprint density at radius 1 is 0.900 bits per heavy atom. The number of benzene rings is 2. The van der Waals surface area contributed by atoms with Gasteiger partial charge in [-0.05, 0) is 0 Å². The maximum absolute atomic E-state index is 9.52. The van der Waals surface area contributed by atoms with Crippen LogP contribution < -0.4 is 8.92 Å². The van der Waals surface area contributed by atoms with E-state index < -0.39 is 0 Å². The molecule has 0 unspecified atom stereocenters. The van der Waals surface area contributed by atoms with Crippen molar-refractivity contribution in [3.05, 3.63) is 69.1 Å². The molecule has 0 bridgehead atoms. The van der Waals surface area contributed by atoms with Gasteiger partial charge in [0.05, 0.1) is 0 Å². The van der Waals surface area contributed by atoms with E-state index in [-0.39, 0.29) is 21.6 Å². The molecule has 1 nitrogen and oxygen atoms in total. The predicted octanol–water partition coefficient (Wildman–Crippen LogP) is 1.50. The van der Waals surface area contributed by atoms with Crippen molar-refractivity contribution in [2.75, 3.05) is 6.61 Å². The minimum absolute atomic E-state index is 0.168. The second kappa shape index (κ2) is 7.83. The van der Waals surface area contributed by atoms with Crippen LogP contribution in [0, 0.1) is 13.8 Å². The molecular weight excluding hydrogens is 378 g/mol. The van der Waals surface area contributed by atoms with Crippen molar-refractivity contribution < 1.29 is 5.11 Å². The quantitative estimate of drug-likeness (QED) is 0.760. The molecule has 0 saturated heterocycles.